The normalized spacial score (nSPS) is 29.1. The molecule has 78 valence electrons. The molecule has 0 spiro atoms. The van der Waals surface area contributed by atoms with Crippen LogP contribution < -0.4 is 5.73 Å². The molecule has 2 atom stereocenters. The van der Waals surface area contributed by atoms with Gasteiger partial charge in [0, 0.05) is 6.61 Å². The van der Waals surface area contributed by atoms with Crippen LogP contribution in [0.25, 0.3) is 0 Å². The van der Waals surface area contributed by atoms with Crippen molar-refractivity contribution in [2.45, 2.75) is 38.7 Å². The van der Waals surface area contributed by atoms with Gasteiger partial charge in [-0.05, 0) is 32.2 Å². The van der Waals surface area contributed by atoms with E-state index in [2.05, 4.69) is 0 Å². The van der Waals surface area contributed by atoms with Gasteiger partial charge in [0.1, 0.15) is 6.79 Å². The summed E-state index contributed by atoms with van der Waals surface area (Å²) in [4.78, 5) is 0. The molecule has 13 heavy (non-hydrogen) atoms. The monoisotopic (exact) mass is 187 g/mol. The van der Waals surface area contributed by atoms with Gasteiger partial charge in [0.25, 0.3) is 0 Å². The lowest BCUT2D eigenvalue weighted by Gasteiger charge is -2.30. The molecule has 0 heterocycles. The number of nitrogens with two attached hydrogens (primary N) is 1. The molecular weight excluding hydrogens is 166 g/mol. The minimum Gasteiger partial charge on any atom is -0.356 e. The first-order valence-corrected chi connectivity index (χ1v) is 5.28. The lowest BCUT2D eigenvalue weighted by atomic mass is 9.86. The quantitative estimate of drug-likeness (QED) is 0.524. The average molecular weight is 187 g/mol. The highest BCUT2D eigenvalue weighted by Gasteiger charge is 2.24. The van der Waals surface area contributed by atoms with Crippen LogP contribution in [-0.4, -0.2) is 26.0 Å². The smallest absolute Gasteiger partial charge is 0.147 e. The Morgan fingerprint density at radius 3 is 2.77 bits per heavy atom. The predicted molar refractivity (Wildman–Crippen MR) is 52.4 cm³/mol. The van der Waals surface area contributed by atoms with Crippen molar-refractivity contribution in [1.82, 2.24) is 0 Å². The van der Waals surface area contributed by atoms with E-state index in [4.69, 9.17) is 15.2 Å². The van der Waals surface area contributed by atoms with Crippen LogP contribution in [0.3, 0.4) is 0 Å². The third-order valence-corrected chi connectivity index (χ3v) is 2.71. The fraction of sp³-hybridized carbons (Fsp3) is 1.00. The Bertz CT molecular complexity index is 130. The van der Waals surface area contributed by atoms with Crippen molar-refractivity contribution < 1.29 is 9.47 Å². The Balaban J connectivity index is 2.19. The maximum absolute atomic E-state index is 5.68. The average Bonchev–Trinajstić information content (AvgIpc) is 2.19. The second kappa shape index (κ2) is 6.35. The SMILES string of the molecule is CCOCOC1CCCCC1CN. The maximum atomic E-state index is 5.68. The molecule has 1 aliphatic carbocycles. The van der Waals surface area contributed by atoms with Crippen molar-refractivity contribution in [3.8, 4) is 0 Å². The van der Waals surface area contributed by atoms with Crippen LogP contribution in [-0.2, 0) is 9.47 Å². The Morgan fingerprint density at radius 2 is 2.08 bits per heavy atom. The molecule has 0 amide bonds. The first kappa shape index (κ1) is 11.0. The Labute approximate surface area is 80.6 Å². The minimum absolute atomic E-state index is 0.338. The lowest BCUT2D eigenvalue weighted by molar-refractivity contribution is -0.112. The zero-order valence-corrected chi connectivity index (χ0v) is 8.50. The first-order valence-electron chi connectivity index (χ1n) is 5.28. The topological polar surface area (TPSA) is 44.5 Å². The molecule has 0 aromatic rings. The van der Waals surface area contributed by atoms with Crippen LogP contribution in [0.4, 0.5) is 0 Å². The highest BCUT2D eigenvalue weighted by Crippen LogP contribution is 2.25. The summed E-state index contributed by atoms with van der Waals surface area (Å²) in [6, 6.07) is 0. The molecule has 2 unspecified atom stereocenters. The number of hydrogen-bond acceptors (Lipinski definition) is 3. The molecule has 0 radical (unpaired) electrons. The van der Waals surface area contributed by atoms with Gasteiger partial charge in [-0.1, -0.05) is 12.8 Å². The third kappa shape index (κ3) is 3.63. The molecular formula is C10H21NO2. The van der Waals surface area contributed by atoms with E-state index in [1.807, 2.05) is 6.92 Å². The van der Waals surface area contributed by atoms with Crippen molar-refractivity contribution in [3.63, 3.8) is 0 Å². The minimum atomic E-state index is 0.338. The van der Waals surface area contributed by atoms with Gasteiger partial charge in [-0.2, -0.15) is 0 Å². The van der Waals surface area contributed by atoms with E-state index in [0.29, 0.717) is 18.8 Å². The van der Waals surface area contributed by atoms with E-state index in [1.165, 1.54) is 19.3 Å². The van der Waals surface area contributed by atoms with E-state index >= 15 is 0 Å². The maximum Gasteiger partial charge on any atom is 0.147 e. The summed E-state index contributed by atoms with van der Waals surface area (Å²) in [6.07, 6.45) is 5.27. The lowest BCUT2D eigenvalue weighted by Crippen LogP contribution is -2.33. The number of ether oxygens (including phenoxy) is 2. The molecule has 0 saturated heterocycles. The third-order valence-electron chi connectivity index (χ3n) is 2.71. The van der Waals surface area contributed by atoms with Gasteiger partial charge < -0.3 is 15.2 Å². The largest absolute Gasteiger partial charge is 0.356 e. The molecule has 1 rings (SSSR count). The van der Waals surface area contributed by atoms with Crippen molar-refractivity contribution in [2.75, 3.05) is 19.9 Å². The van der Waals surface area contributed by atoms with Gasteiger partial charge in [-0.15, -0.1) is 0 Å². The number of rotatable bonds is 5. The second-order valence-corrected chi connectivity index (χ2v) is 3.60. The van der Waals surface area contributed by atoms with Gasteiger partial charge in [-0.25, -0.2) is 0 Å². The Hall–Kier alpha value is -0.120. The summed E-state index contributed by atoms with van der Waals surface area (Å²) in [6.45, 7) is 3.87. The van der Waals surface area contributed by atoms with Crippen molar-refractivity contribution in [2.24, 2.45) is 11.7 Å². The highest BCUT2D eigenvalue weighted by molar-refractivity contribution is 4.76. The highest BCUT2D eigenvalue weighted by atomic mass is 16.7. The summed E-state index contributed by atoms with van der Waals surface area (Å²) < 4.78 is 10.8. The molecule has 2 N–H and O–H groups in total. The van der Waals surface area contributed by atoms with E-state index in [-0.39, 0.29) is 0 Å². The number of hydrogen-bond donors (Lipinski definition) is 1. The Morgan fingerprint density at radius 1 is 1.31 bits per heavy atom. The van der Waals surface area contributed by atoms with Crippen LogP contribution in [0.2, 0.25) is 0 Å². The molecule has 3 heteroatoms. The van der Waals surface area contributed by atoms with Crippen molar-refractivity contribution in [3.05, 3.63) is 0 Å². The molecule has 3 nitrogen and oxygen atoms in total. The van der Waals surface area contributed by atoms with Gasteiger partial charge in [-0.3, -0.25) is 0 Å². The van der Waals surface area contributed by atoms with Crippen molar-refractivity contribution >= 4 is 0 Å². The summed E-state index contributed by atoms with van der Waals surface area (Å²) in [5.74, 6) is 0.550. The van der Waals surface area contributed by atoms with Gasteiger partial charge in [0.05, 0.1) is 6.10 Å². The summed E-state index contributed by atoms with van der Waals surface area (Å²) >= 11 is 0. The predicted octanol–water partition coefficient (Wildman–Crippen LogP) is 1.51. The van der Waals surface area contributed by atoms with E-state index in [9.17, 15) is 0 Å². The van der Waals surface area contributed by atoms with E-state index in [1.54, 1.807) is 0 Å². The zero-order valence-electron chi connectivity index (χ0n) is 8.50. The fourth-order valence-electron chi connectivity index (χ4n) is 1.88. The first-order chi connectivity index (χ1) is 6.38. The van der Waals surface area contributed by atoms with Crippen LogP contribution >= 0.6 is 0 Å². The molecule has 0 aliphatic heterocycles. The van der Waals surface area contributed by atoms with Crippen LogP contribution in [0, 0.1) is 5.92 Å². The van der Waals surface area contributed by atoms with Gasteiger partial charge in [0.2, 0.25) is 0 Å². The van der Waals surface area contributed by atoms with E-state index in [0.717, 1.165) is 19.6 Å². The second-order valence-electron chi connectivity index (χ2n) is 3.60. The molecule has 0 aromatic carbocycles. The molecule has 1 saturated carbocycles. The summed E-state index contributed by atoms with van der Waals surface area (Å²) in [7, 11) is 0. The van der Waals surface area contributed by atoms with Crippen LogP contribution in [0.15, 0.2) is 0 Å². The summed E-state index contributed by atoms with van der Waals surface area (Å²) in [5.41, 5.74) is 5.68. The molecule has 1 fully saturated rings. The van der Waals surface area contributed by atoms with Gasteiger partial charge >= 0.3 is 0 Å². The molecule has 0 aromatic heterocycles. The fourth-order valence-corrected chi connectivity index (χ4v) is 1.88. The molecule has 1 aliphatic rings. The van der Waals surface area contributed by atoms with Gasteiger partial charge in [0.15, 0.2) is 0 Å². The van der Waals surface area contributed by atoms with Crippen LogP contribution in [0.5, 0.6) is 0 Å². The van der Waals surface area contributed by atoms with Crippen molar-refractivity contribution in [1.29, 1.82) is 0 Å². The van der Waals surface area contributed by atoms with E-state index < -0.39 is 0 Å². The zero-order chi connectivity index (χ0) is 9.52. The standard InChI is InChI=1S/C10H21NO2/c1-2-12-8-13-10-6-4-3-5-9(10)7-11/h9-10H,2-8,11H2,1H3. The molecule has 0 bridgehead atoms. The Kier molecular flexibility index (Phi) is 5.35. The van der Waals surface area contributed by atoms with Crippen LogP contribution in [0.1, 0.15) is 32.6 Å². The summed E-state index contributed by atoms with van der Waals surface area (Å²) in [5, 5.41) is 0.